The van der Waals surface area contributed by atoms with E-state index < -0.39 is 0 Å². The van der Waals surface area contributed by atoms with Crippen molar-refractivity contribution in [2.75, 3.05) is 39.3 Å². The summed E-state index contributed by atoms with van der Waals surface area (Å²) in [6, 6.07) is 9.22. The fraction of sp³-hybridized carbons (Fsp3) is 0.600. The SMILES string of the molecule is Cn1nc(C(=O)NCCCN2CCN(C3CCCCC3)CC2)c2c1-c1ccccc1SC2. The van der Waals surface area contributed by atoms with Gasteiger partial charge in [0, 0.05) is 67.6 Å². The summed E-state index contributed by atoms with van der Waals surface area (Å²) in [7, 11) is 1.94. The molecule has 2 fully saturated rings. The van der Waals surface area contributed by atoms with Gasteiger partial charge in [0.1, 0.15) is 0 Å². The number of aryl methyl sites for hydroxylation is 1. The number of carbonyl (C=O) groups is 1. The lowest BCUT2D eigenvalue weighted by atomic mass is 9.94. The number of hydrogen-bond acceptors (Lipinski definition) is 5. The third kappa shape index (κ3) is 4.61. The van der Waals surface area contributed by atoms with Crippen molar-refractivity contribution in [3.05, 3.63) is 35.5 Å². The number of thioether (sulfide) groups is 1. The van der Waals surface area contributed by atoms with Gasteiger partial charge >= 0.3 is 0 Å². The van der Waals surface area contributed by atoms with Crippen LogP contribution in [0.1, 0.15) is 54.6 Å². The Morgan fingerprint density at radius 2 is 1.91 bits per heavy atom. The van der Waals surface area contributed by atoms with Crippen LogP contribution in [0.5, 0.6) is 0 Å². The monoisotopic (exact) mass is 453 g/mol. The first-order valence-corrected chi connectivity index (χ1v) is 13.2. The maximum absolute atomic E-state index is 12.9. The number of fused-ring (bicyclic) bond motifs is 3. The Morgan fingerprint density at radius 1 is 1.12 bits per heavy atom. The maximum atomic E-state index is 12.9. The van der Waals surface area contributed by atoms with Crippen LogP contribution in [-0.4, -0.2) is 70.8 Å². The molecule has 6 nitrogen and oxygen atoms in total. The second-order valence-electron chi connectivity index (χ2n) is 9.36. The summed E-state index contributed by atoms with van der Waals surface area (Å²) in [5, 5.41) is 7.71. The van der Waals surface area contributed by atoms with Gasteiger partial charge < -0.3 is 10.2 Å². The lowest BCUT2D eigenvalue weighted by molar-refractivity contribution is 0.0779. The van der Waals surface area contributed by atoms with E-state index in [1.54, 1.807) is 11.8 Å². The standard InChI is InChI=1S/C25H35N5OS/c1-28-24-20-10-5-6-11-22(20)32-18-21(24)23(27-28)25(31)26-12-7-13-29-14-16-30(17-15-29)19-8-3-2-4-9-19/h5-6,10-11,19H,2-4,7-9,12-18H2,1H3,(H,26,31). The van der Waals surface area contributed by atoms with E-state index in [1.165, 1.54) is 55.7 Å². The molecule has 1 aromatic heterocycles. The minimum Gasteiger partial charge on any atom is -0.351 e. The van der Waals surface area contributed by atoms with E-state index in [0.717, 1.165) is 49.1 Å². The normalized spacial score (nSPS) is 20.0. The molecule has 0 spiro atoms. The molecule has 2 aromatic rings. The van der Waals surface area contributed by atoms with Crippen LogP contribution in [0.2, 0.25) is 0 Å². The molecule has 1 amide bonds. The molecule has 1 saturated carbocycles. The van der Waals surface area contributed by atoms with E-state index in [-0.39, 0.29) is 5.91 Å². The molecule has 0 atom stereocenters. The number of benzene rings is 1. The van der Waals surface area contributed by atoms with Crippen molar-refractivity contribution in [3.63, 3.8) is 0 Å². The van der Waals surface area contributed by atoms with Crippen LogP contribution in [0, 0.1) is 0 Å². The number of hydrogen-bond donors (Lipinski definition) is 1. The Balaban J connectivity index is 1.09. The van der Waals surface area contributed by atoms with Crippen LogP contribution in [0.4, 0.5) is 0 Å². The predicted octanol–water partition coefficient (Wildman–Crippen LogP) is 3.76. The topological polar surface area (TPSA) is 53.4 Å². The summed E-state index contributed by atoms with van der Waals surface area (Å²) in [4.78, 5) is 19.4. The third-order valence-corrected chi connectivity index (χ3v) is 8.41. The Bertz CT molecular complexity index is 944. The van der Waals surface area contributed by atoms with Crippen LogP contribution in [-0.2, 0) is 12.8 Å². The largest absolute Gasteiger partial charge is 0.351 e. The zero-order chi connectivity index (χ0) is 21.9. The molecule has 2 aliphatic heterocycles. The Hall–Kier alpha value is -1.83. The van der Waals surface area contributed by atoms with E-state index in [2.05, 4.69) is 44.5 Å². The molecule has 5 rings (SSSR count). The van der Waals surface area contributed by atoms with E-state index in [1.807, 2.05) is 11.7 Å². The maximum Gasteiger partial charge on any atom is 0.272 e. The van der Waals surface area contributed by atoms with Gasteiger partial charge in [0.25, 0.3) is 5.91 Å². The van der Waals surface area contributed by atoms with Crippen LogP contribution in [0.3, 0.4) is 0 Å². The zero-order valence-corrected chi connectivity index (χ0v) is 20.0. The number of rotatable bonds is 6. The Labute approximate surface area is 195 Å². The molecule has 0 bridgehead atoms. The number of aromatic nitrogens is 2. The highest BCUT2D eigenvalue weighted by atomic mass is 32.2. The molecule has 0 radical (unpaired) electrons. The molecule has 1 N–H and O–H groups in total. The lowest BCUT2D eigenvalue weighted by Gasteiger charge is -2.40. The molecule has 3 aliphatic rings. The minimum atomic E-state index is -0.0380. The van der Waals surface area contributed by atoms with Crippen LogP contribution >= 0.6 is 11.8 Å². The smallest absolute Gasteiger partial charge is 0.272 e. The van der Waals surface area contributed by atoms with Gasteiger partial charge in [0.15, 0.2) is 5.69 Å². The van der Waals surface area contributed by atoms with Crippen LogP contribution in [0.25, 0.3) is 11.3 Å². The van der Waals surface area contributed by atoms with Crippen molar-refractivity contribution in [2.45, 2.75) is 55.2 Å². The summed E-state index contributed by atoms with van der Waals surface area (Å²) < 4.78 is 1.87. The van der Waals surface area contributed by atoms with Gasteiger partial charge in [-0.2, -0.15) is 5.10 Å². The molecule has 1 aromatic carbocycles. The zero-order valence-electron chi connectivity index (χ0n) is 19.2. The van der Waals surface area contributed by atoms with Gasteiger partial charge in [-0.05, 0) is 31.9 Å². The Morgan fingerprint density at radius 3 is 2.72 bits per heavy atom. The average Bonchev–Trinajstić information content (AvgIpc) is 3.19. The summed E-state index contributed by atoms with van der Waals surface area (Å²) in [5.41, 5.74) is 3.92. The molecular weight excluding hydrogens is 418 g/mol. The fourth-order valence-corrected chi connectivity index (χ4v) is 6.62. The van der Waals surface area contributed by atoms with E-state index in [0.29, 0.717) is 12.2 Å². The second kappa shape index (κ2) is 9.98. The molecule has 0 unspecified atom stereocenters. The molecule has 1 aliphatic carbocycles. The summed E-state index contributed by atoms with van der Waals surface area (Å²) in [5.74, 6) is 0.762. The highest BCUT2D eigenvalue weighted by molar-refractivity contribution is 7.98. The fourth-order valence-electron chi connectivity index (χ4n) is 5.55. The van der Waals surface area contributed by atoms with Crippen molar-refractivity contribution in [1.82, 2.24) is 24.9 Å². The number of piperazine rings is 1. The van der Waals surface area contributed by atoms with Gasteiger partial charge in [0.2, 0.25) is 0 Å². The number of amides is 1. The molecule has 32 heavy (non-hydrogen) atoms. The van der Waals surface area contributed by atoms with Gasteiger partial charge in [-0.1, -0.05) is 37.5 Å². The van der Waals surface area contributed by atoms with E-state index in [9.17, 15) is 4.79 Å². The van der Waals surface area contributed by atoms with E-state index in [4.69, 9.17) is 0 Å². The summed E-state index contributed by atoms with van der Waals surface area (Å²) in [6.45, 7) is 6.50. The van der Waals surface area contributed by atoms with Gasteiger partial charge in [0.05, 0.1) is 5.69 Å². The van der Waals surface area contributed by atoms with Gasteiger partial charge in [-0.25, -0.2) is 0 Å². The quantitative estimate of drug-likeness (QED) is 0.675. The summed E-state index contributed by atoms with van der Waals surface area (Å²) in [6.07, 6.45) is 8.03. The molecule has 7 heteroatoms. The highest BCUT2D eigenvalue weighted by Crippen LogP contribution is 2.42. The Kier molecular flexibility index (Phi) is 6.85. The van der Waals surface area contributed by atoms with Crippen molar-refractivity contribution in [1.29, 1.82) is 0 Å². The highest BCUT2D eigenvalue weighted by Gasteiger charge is 2.28. The minimum absolute atomic E-state index is 0.0380. The van der Waals surface area contributed by atoms with Crippen molar-refractivity contribution in [2.24, 2.45) is 7.05 Å². The van der Waals surface area contributed by atoms with Gasteiger partial charge in [-0.3, -0.25) is 14.4 Å². The molecule has 3 heterocycles. The van der Waals surface area contributed by atoms with E-state index >= 15 is 0 Å². The first-order valence-electron chi connectivity index (χ1n) is 12.2. The second-order valence-corrected chi connectivity index (χ2v) is 10.4. The average molecular weight is 454 g/mol. The third-order valence-electron chi connectivity index (χ3n) is 7.31. The summed E-state index contributed by atoms with van der Waals surface area (Å²) >= 11 is 1.79. The lowest BCUT2D eigenvalue weighted by Crippen LogP contribution is -2.51. The molecule has 1 saturated heterocycles. The van der Waals surface area contributed by atoms with Crippen molar-refractivity contribution < 1.29 is 4.79 Å². The number of nitrogens with zero attached hydrogens (tertiary/aromatic N) is 4. The molecular formula is C25H35N5OS. The van der Waals surface area contributed by atoms with Crippen LogP contribution < -0.4 is 5.32 Å². The first-order chi connectivity index (χ1) is 15.7. The van der Waals surface area contributed by atoms with Crippen molar-refractivity contribution in [3.8, 4) is 11.3 Å². The van der Waals surface area contributed by atoms with Crippen LogP contribution in [0.15, 0.2) is 29.2 Å². The van der Waals surface area contributed by atoms with Gasteiger partial charge in [-0.15, -0.1) is 11.8 Å². The first kappa shape index (κ1) is 22.0. The number of nitrogens with one attached hydrogen (secondary N) is 1. The number of carbonyl (C=O) groups excluding carboxylic acids is 1. The predicted molar refractivity (Wildman–Crippen MR) is 130 cm³/mol. The molecule has 172 valence electrons. The van der Waals surface area contributed by atoms with Crippen molar-refractivity contribution >= 4 is 17.7 Å².